The van der Waals surface area contributed by atoms with Gasteiger partial charge in [0.15, 0.2) is 0 Å². The summed E-state index contributed by atoms with van der Waals surface area (Å²) in [7, 11) is 4.21. The molecule has 0 spiro atoms. The van der Waals surface area contributed by atoms with Crippen LogP contribution in [-0.4, -0.2) is 37.0 Å². The molecule has 1 saturated carbocycles. The summed E-state index contributed by atoms with van der Waals surface area (Å²) in [6, 6.07) is 10.3. The lowest BCUT2D eigenvalue weighted by atomic mass is 9.88. The van der Waals surface area contributed by atoms with Crippen molar-refractivity contribution in [3.8, 4) is 0 Å². The molecule has 4 nitrogen and oxygen atoms in total. The Kier molecular flexibility index (Phi) is 5.01. The minimum Gasteiger partial charge on any atom is -0.351 e. The molecule has 1 fully saturated rings. The van der Waals surface area contributed by atoms with E-state index < -0.39 is 5.54 Å². The molecule has 0 bridgehead atoms. The minimum absolute atomic E-state index is 0.0851. The monoisotopic (exact) mass is 289 g/mol. The molecule has 0 heterocycles. The molecule has 1 aliphatic carbocycles. The summed E-state index contributed by atoms with van der Waals surface area (Å²) in [5, 5.41) is 3.15. The van der Waals surface area contributed by atoms with Crippen LogP contribution in [0.25, 0.3) is 0 Å². The molecular formula is C17H27N3O. The fourth-order valence-corrected chi connectivity index (χ4v) is 3.01. The molecule has 1 aliphatic rings. The number of nitrogens with two attached hydrogens (primary N) is 1. The summed E-state index contributed by atoms with van der Waals surface area (Å²) in [4.78, 5) is 14.8. The van der Waals surface area contributed by atoms with Crippen molar-refractivity contribution in [3.63, 3.8) is 0 Å². The maximum Gasteiger partial charge on any atom is 0.244 e. The van der Waals surface area contributed by atoms with E-state index in [9.17, 15) is 4.79 Å². The Balaban J connectivity index is 2.00. The molecule has 21 heavy (non-hydrogen) atoms. The van der Waals surface area contributed by atoms with Gasteiger partial charge in [-0.25, -0.2) is 0 Å². The van der Waals surface area contributed by atoms with Crippen LogP contribution in [0.4, 0.5) is 0 Å². The highest BCUT2D eigenvalue weighted by Gasteiger charge is 2.33. The van der Waals surface area contributed by atoms with Crippen molar-refractivity contribution in [1.82, 2.24) is 10.2 Å². The van der Waals surface area contributed by atoms with Gasteiger partial charge in [-0.1, -0.05) is 30.3 Å². The molecule has 1 amide bonds. The largest absolute Gasteiger partial charge is 0.351 e. The molecule has 3 N–H and O–H groups in total. The van der Waals surface area contributed by atoms with Crippen molar-refractivity contribution in [2.75, 3.05) is 14.1 Å². The zero-order valence-electron chi connectivity index (χ0n) is 13.3. The van der Waals surface area contributed by atoms with Gasteiger partial charge < -0.3 is 16.0 Å². The lowest BCUT2D eigenvalue weighted by molar-refractivity contribution is -0.127. The van der Waals surface area contributed by atoms with Crippen LogP contribution in [0.5, 0.6) is 0 Å². The van der Waals surface area contributed by atoms with Gasteiger partial charge in [-0.05, 0) is 52.3 Å². The zero-order chi connectivity index (χ0) is 15.5. The van der Waals surface area contributed by atoms with Crippen LogP contribution >= 0.6 is 0 Å². The van der Waals surface area contributed by atoms with Crippen molar-refractivity contribution in [1.29, 1.82) is 0 Å². The summed E-state index contributed by atoms with van der Waals surface area (Å²) in [6.45, 7) is 1.78. The fourth-order valence-electron chi connectivity index (χ4n) is 3.01. The van der Waals surface area contributed by atoms with Gasteiger partial charge in [-0.2, -0.15) is 0 Å². The van der Waals surface area contributed by atoms with Crippen LogP contribution in [0.1, 0.15) is 38.2 Å². The third-order valence-electron chi connectivity index (χ3n) is 4.56. The van der Waals surface area contributed by atoms with E-state index in [0.29, 0.717) is 6.04 Å². The highest BCUT2D eigenvalue weighted by atomic mass is 16.2. The molecule has 0 saturated heterocycles. The summed E-state index contributed by atoms with van der Waals surface area (Å²) in [6.07, 6.45) is 4.41. The van der Waals surface area contributed by atoms with Crippen molar-refractivity contribution < 1.29 is 4.79 Å². The van der Waals surface area contributed by atoms with Gasteiger partial charge in [0, 0.05) is 12.1 Å². The Hall–Kier alpha value is -1.39. The van der Waals surface area contributed by atoms with Crippen LogP contribution < -0.4 is 11.1 Å². The van der Waals surface area contributed by atoms with Gasteiger partial charge in [-0.3, -0.25) is 4.79 Å². The van der Waals surface area contributed by atoms with E-state index in [1.165, 1.54) is 6.42 Å². The maximum atomic E-state index is 12.6. The number of rotatable bonds is 4. The molecule has 116 valence electrons. The van der Waals surface area contributed by atoms with Crippen LogP contribution in [0.3, 0.4) is 0 Å². The van der Waals surface area contributed by atoms with E-state index in [1.54, 1.807) is 6.92 Å². The van der Waals surface area contributed by atoms with E-state index in [-0.39, 0.29) is 11.9 Å². The smallest absolute Gasteiger partial charge is 0.244 e. The Morgan fingerprint density at radius 1 is 1.29 bits per heavy atom. The Bertz CT molecular complexity index is 470. The fraction of sp³-hybridized carbons (Fsp3) is 0.588. The molecule has 1 aromatic carbocycles. The van der Waals surface area contributed by atoms with E-state index in [4.69, 9.17) is 5.73 Å². The number of carbonyl (C=O) groups excluding carboxylic acids is 1. The molecule has 3 unspecified atom stereocenters. The average Bonchev–Trinajstić information content (AvgIpc) is 2.48. The third kappa shape index (κ3) is 3.83. The number of benzene rings is 1. The molecule has 1 aromatic rings. The number of nitrogens with one attached hydrogen (secondary N) is 1. The van der Waals surface area contributed by atoms with E-state index >= 15 is 0 Å². The highest BCUT2D eigenvalue weighted by Crippen LogP contribution is 2.23. The van der Waals surface area contributed by atoms with Gasteiger partial charge in [0.2, 0.25) is 5.91 Å². The molecule has 2 rings (SSSR count). The summed E-state index contributed by atoms with van der Waals surface area (Å²) >= 11 is 0. The summed E-state index contributed by atoms with van der Waals surface area (Å²) < 4.78 is 0. The summed E-state index contributed by atoms with van der Waals surface area (Å²) in [5.74, 6) is -0.0851. The lowest BCUT2D eigenvalue weighted by Crippen LogP contribution is -2.53. The van der Waals surface area contributed by atoms with Crippen molar-refractivity contribution in [3.05, 3.63) is 35.9 Å². The van der Waals surface area contributed by atoms with Crippen LogP contribution in [0.2, 0.25) is 0 Å². The Morgan fingerprint density at radius 3 is 2.57 bits per heavy atom. The molecule has 0 aliphatic heterocycles. The van der Waals surface area contributed by atoms with Crippen molar-refractivity contribution >= 4 is 5.91 Å². The standard InChI is InChI=1S/C17H27N3O/c1-17(18,13-8-5-4-6-9-13)16(21)19-14-10-7-11-15(12-14)20(2)3/h4-6,8-9,14-15H,7,10-12,18H2,1-3H3,(H,19,21). The second-order valence-corrected chi connectivity index (χ2v) is 6.52. The van der Waals surface area contributed by atoms with Gasteiger partial charge in [0.05, 0.1) is 0 Å². The third-order valence-corrected chi connectivity index (χ3v) is 4.56. The second kappa shape index (κ2) is 6.58. The van der Waals surface area contributed by atoms with Crippen LogP contribution in [0.15, 0.2) is 30.3 Å². The number of amides is 1. The first-order valence-corrected chi connectivity index (χ1v) is 7.73. The van der Waals surface area contributed by atoms with E-state index in [0.717, 1.165) is 24.8 Å². The minimum atomic E-state index is -0.980. The van der Waals surface area contributed by atoms with Gasteiger partial charge in [-0.15, -0.1) is 0 Å². The predicted octanol–water partition coefficient (Wildman–Crippen LogP) is 1.85. The normalized spacial score (nSPS) is 25.4. The maximum absolute atomic E-state index is 12.6. The Labute approximate surface area is 127 Å². The SMILES string of the molecule is CN(C)C1CCCC(NC(=O)C(C)(N)c2ccccc2)C1. The first-order valence-electron chi connectivity index (χ1n) is 7.73. The van der Waals surface area contributed by atoms with E-state index in [1.807, 2.05) is 30.3 Å². The zero-order valence-corrected chi connectivity index (χ0v) is 13.3. The van der Waals surface area contributed by atoms with Crippen LogP contribution in [-0.2, 0) is 10.3 Å². The van der Waals surface area contributed by atoms with Gasteiger partial charge in [0.25, 0.3) is 0 Å². The molecule has 4 heteroatoms. The number of carbonyl (C=O) groups is 1. The van der Waals surface area contributed by atoms with Crippen molar-refractivity contribution in [2.45, 2.75) is 50.2 Å². The topological polar surface area (TPSA) is 58.4 Å². The van der Waals surface area contributed by atoms with Gasteiger partial charge in [0.1, 0.15) is 5.54 Å². The quantitative estimate of drug-likeness (QED) is 0.889. The number of hydrogen-bond acceptors (Lipinski definition) is 3. The molecule has 0 radical (unpaired) electrons. The van der Waals surface area contributed by atoms with E-state index in [2.05, 4.69) is 24.3 Å². The first-order chi connectivity index (χ1) is 9.91. The van der Waals surface area contributed by atoms with Crippen molar-refractivity contribution in [2.24, 2.45) is 5.73 Å². The highest BCUT2D eigenvalue weighted by molar-refractivity contribution is 5.87. The van der Waals surface area contributed by atoms with Gasteiger partial charge >= 0.3 is 0 Å². The lowest BCUT2D eigenvalue weighted by Gasteiger charge is -2.35. The first kappa shape index (κ1) is 16.0. The van der Waals surface area contributed by atoms with Crippen LogP contribution in [0, 0.1) is 0 Å². The number of hydrogen-bond donors (Lipinski definition) is 2. The predicted molar refractivity (Wildman–Crippen MR) is 85.9 cm³/mol. The molecule has 3 atom stereocenters. The second-order valence-electron chi connectivity index (χ2n) is 6.52. The molecule has 0 aromatic heterocycles. The number of nitrogens with zero attached hydrogens (tertiary/aromatic N) is 1. The Morgan fingerprint density at radius 2 is 1.95 bits per heavy atom. The molecular weight excluding hydrogens is 262 g/mol. The average molecular weight is 289 g/mol. The summed E-state index contributed by atoms with van der Waals surface area (Å²) in [5.41, 5.74) is 6.14.